The zero-order valence-corrected chi connectivity index (χ0v) is 13.2. The summed E-state index contributed by atoms with van der Waals surface area (Å²) in [6, 6.07) is -0.136. The van der Waals surface area contributed by atoms with Crippen molar-refractivity contribution in [3.05, 3.63) is 0 Å². The third kappa shape index (κ3) is 6.77. The van der Waals surface area contributed by atoms with E-state index in [1.807, 2.05) is 27.7 Å². The summed E-state index contributed by atoms with van der Waals surface area (Å²) in [5.41, 5.74) is -0.535. The average molecular weight is 302 g/mol. The first-order valence-corrected chi connectivity index (χ1v) is 7.21. The van der Waals surface area contributed by atoms with Crippen LogP contribution in [0.15, 0.2) is 0 Å². The van der Waals surface area contributed by atoms with Crippen LogP contribution in [-0.2, 0) is 14.3 Å². The number of carbonyl (C=O) groups excluding carboxylic acids is 1. The van der Waals surface area contributed by atoms with E-state index in [-0.39, 0.29) is 24.7 Å². The molecular weight excluding hydrogens is 276 g/mol. The van der Waals surface area contributed by atoms with Crippen LogP contribution in [0, 0.1) is 0 Å². The van der Waals surface area contributed by atoms with Gasteiger partial charge in [-0.2, -0.15) is 0 Å². The summed E-state index contributed by atoms with van der Waals surface area (Å²) >= 11 is 0. The molecule has 1 rings (SSSR count). The summed E-state index contributed by atoms with van der Waals surface area (Å²) in [5, 5.41) is 11.6. The number of hydrogen-bond acceptors (Lipinski definition) is 5. The molecule has 1 saturated heterocycles. The van der Waals surface area contributed by atoms with Crippen LogP contribution in [0.5, 0.6) is 0 Å². The van der Waals surface area contributed by atoms with Gasteiger partial charge in [-0.25, -0.2) is 4.79 Å². The number of nitrogens with one attached hydrogen (secondary N) is 1. The maximum Gasteiger partial charge on any atom is 0.410 e. The van der Waals surface area contributed by atoms with E-state index in [1.54, 1.807) is 4.90 Å². The third-order valence-electron chi connectivity index (χ3n) is 3.08. The maximum atomic E-state index is 12.2. The summed E-state index contributed by atoms with van der Waals surface area (Å²) in [5.74, 6) is -0.897. The third-order valence-corrected chi connectivity index (χ3v) is 3.08. The first kappa shape index (κ1) is 17.7. The normalized spacial score (nSPS) is 21.0. The first-order chi connectivity index (χ1) is 9.69. The zero-order valence-electron chi connectivity index (χ0n) is 13.2. The number of carboxylic acid groups (broad SMARTS) is 1. The highest BCUT2D eigenvalue weighted by molar-refractivity contribution is 5.69. The molecule has 2 unspecified atom stereocenters. The second kappa shape index (κ2) is 7.61. The fourth-order valence-electron chi connectivity index (χ4n) is 2.16. The Labute approximate surface area is 125 Å². The van der Waals surface area contributed by atoms with E-state index < -0.39 is 11.6 Å². The fourth-order valence-corrected chi connectivity index (χ4v) is 2.16. The number of morpholine rings is 1. The van der Waals surface area contributed by atoms with Crippen molar-refractivity contribution in [3.63, 3.8) is 0 Å². The van der Waals surface area contributed by atoms with Crippen molar-refractivity contribution in [2.75, 3.05) is 26.3 Å². The fraction of sp³-hybridized carbons (Fsp3) is 0.857. The predicted octanol–water partition coefficient (Wildman–Crippen LogP) is 1.08. The number of carbonyl (C=O) groups is 2. The number of aliphatic carboxylic acids is 1. The van der Waals surface area contributed by atoms with Gasteiger partial charge < -0.3 is 24.8 Å². The van der Waals surface area contributed by atoms with Crippen LogP contribution >= 0.6 is 0 Å². The quantitative estimate of drug-likeness (QED) is 0.790. The molecule has 0 saturated carbocycles. The van der Waals surface area contributed by atoms with E-state index in [4.69, 9.17) is 14.6 Å². The van der Waals surface area contributed by atoms with E-state index in [0.29, 0.717) is 26.2 Å². The minimum atomic E-state index is -0.897. The van der Waals surface area contributed by atoms with Crippen molar-refractivity contribution in [1.29, 1.82) is 0 Å². The van der Waals surface area contributed by atoms with Gasteiger partial charge >= 0.3 is 12.1 Å². The SMILES string of the molecule is CC(CC1COCCN1C(=O)OC(C)(C)C)NCC(=O)O. The van der Waals surface area contributed by atoms with Gasteiger partial charge in [-0.05, 0) is 34.1 Å². The van der Waals surface area contributed by atoms with E-state index in [1.165, 1.54) is 0 Å². The molecule has 1 aliphatic heterocycles. The molecule has 0 aromatic heterocycles. The van der Waals surface area contributed by atoms with Gasteiger partial charge in [-0.3, -0.25) is 4.79 Å². The number of rotatable bonds is 5. The Morgan fingerprint density at radius 3 is 2.71 bits per heavy atom. The van der Waals surface area contributed by atoms with E-state index in [9.17, 15) is 9.59 Å². The average Bonchev–Trinajstić information content (AvgIpc) is 2.35. The van der Waals surface area contributed by atoms with Crippen molar-refractivity contribution >= 4 is 12.1 Å². The van der Waals surface area contributed by atoms with Gasteiger partial charge in [0.25, 0.3) is 0 Å². The van der Waals surface area contributed by atoms with Crippen molar-refractivity contribution in [2.24, 2.45) is 0 Å². The Balaban J connectivity index is 2.56. The molecule has 7 nitrogen and oxygen atoms in total. The van der Waals surface area contributed by atoms with Crippen LogP contribution in [0.3, 0.4) is 0 Å². The lowest BCUT2D eigenvalue weighted by atomic mass is 10.1. The molecule has 0 aromatic rings. The van der Waals surface area contributed by atoms with Crippen LogP contribution in [0.25, 0.3) is 0 Å². The van der Waals surface area contributed by atoms with E-state index >= 15 is 0 Å². The standard InChI is InChI=1S/C14H26N2O5/c1-10(15-8-12(17)18)7-11-9-20-6-5-16(11)13(19)21-14(2,3)4/h10-11,15H,5-9H2,1-4H3,(H,17,18). The van der Waals surface area contributed by atoms with Gasteiger partial charge in [0, 0.05) is 12.6 Å². The minimum absolute atomic E-state index is 0.0299. The molecule has 1 aliphatic rings. The second-order valence-electron chi connectivity index (χ2n) is 6.31. The highest BCUT2D eigenvalue weighted by atomic mass is 16.6. The molecule has 0 aromatic carbocycles. The number of nitrogens with zero attached hydrogens (tertiary/aromatic N) is 1. The Morgan fingerprint density at radius 1 is 1.48 bits per heavy atom. The molecule has 0 aliphatic carbocycles. The lowest BCUT2D eigenvalue weighted by Crippen LogP contribution is -2.52. The molecule has 2 atom stereocenters. The van der Waals surface area contributed by atoms with Crippen LogP contribution in [-0.4, -0.2) is 66.1 Å². The molecule has 1 fully saturated rings. The summed E-state index contributed by atoms with van der Waals surface area (Å²) in [7, 11) is 0. The van der Waals surface area contributed by atoms with Crippen LogP contribution in [0.2, 0.25) is 0 Å². The van der Waals surface area contributed by atoms with Gasteiger partial charge in [0.2, 0.25) is 0 Å². The molecule has 0 radical (unpaired) electrons. The highest BCUT2D eigenvalue weighted by Gasteiger charge is 2.31. The largest absolute Gasteiger partial charge is 0.480 e. The second-order valence-corrected chi connectivity index (χ2v) is 6.31. The lowest BCUT2D eigenvalue weighted by Gasteiger charge is -2.37. The smallest absolute Gasteiger partial charge is 0.410 e. The Hall–Kier alpha value is -1.34. The molecule has 2 N–H and O–H groups in total. The van der Waals surface area contributed by atoms with E-state index in [2.05, 4.69) is 5.32 Å². The van der Waals surface area contributed by atoms with Crippen molar-refractivity contribution < 1.29 is 24.2 Å². The van der Waals surface area contributed by atoms with Gasteiger partial charge in [-0.15, -0.1) is 0 Å². The number of ether oxygens (including phenoxy) is 2. The van der Waals surface area contributed by atoms with Gasteiger partial charge in [0.1, 0.15) is 5.60 Å². The molecule has 21 heavy (non-hydrogen) atoms. The molecule has 122 valence electrons. The van der Waals surface area contributed by atoms with Crippen LogP contribution in [0.1, 0.15) is 34.1 Å². The zero-order chi connectivity index (χ0) is 16.0. The van der Waals surface area contributed by atoms with Gasteiger partial charge in [0.15, 0.2) is 0 Å². The highest BCUT2D eigenvalue weighted by Crippen LogP contribution is 2.17. The van der Waals surface area contributed by atoms with Crippen LogP contribution < -0.4 is 5.32 Å². The Bertz CT molecular complexity index is 367. The molecular formula is C14H26N2O5. The molecule has 1 amide bonds. The number of amides is 1. The van der Waals surface area contributed by atoms with Crippen molar-refractivity contribution in [3.8, 4) is 0 Å². The number of carboxylic acids is 1. The topological polar surface area (TPSA) is 88.1 Å². The molecule has 0 bridgehead atoms. The van der Waals surface area contributed by atoms with Crippen LogP contribution in [0.4, 0.5) is 4.79 Å². The minimum Gasteiger partial charge on any atom is -0.480 e. The predicted molar refractivity (Wildman–Crippen MR) is 77.3 cm³/mol. The summed E-state index contributed by atoms with van der Waals surface area (Å²) in [6.45, 7) is 8.72. The Kier molecular flexibility index (Phi) is 6.42. The van der Waals surface area contributed by atoms with Crippen molar-refractivity contribution in [2.45, 2.75) is 51.8 Å². The molecule has 0 spiro atoms. The van der Waals surface area contributed by atoms with E-state index in [0.717, 1.165) is 0 Å². The van der Waals surface area contributed by atoms with Crippen molar-refractivity contribution in [1.82, 2.24) is 10.2 Å². The van der Waals surface area contributed by atoms with Gasteiger partial charge in [-0.1, -0.05) is 0 Å². The number of hydrogen-bond donors (Lipinski definition) is 2. The van der Waals surface area contributed by atoms with Gasteiger partial charge in [0.05, 0.1) is 25.8 Å². The summed E-state index contributed by atoms with van der Waals surface area (Å²) < 4.78 is 10.8. The molecule has 7 heteroatoms. The Morgan fingerprint density at radius 2 is 2.14 bits per heavy atom. The monoisotopic (exact) mass is 302 g/mol. The summed E-state index contributed by atoms with van der Waals surface area (Å²) in [6.07, 6.45) is 0.272. The molecule has 1 heterocycles. The summed E-state index contributed by atoms with van der Waals surface area (Å²) in [4.78, 5) is 24.4. The maximum absolute atomic E-state index is 12.2. The first-order valence-electron chi connectivity index (χ1n) is 7.21. The lowest BCUT2D eigenvalue weighted by molar-refractivity contribution is -0.136.